The van der Waals surface area contributed by atoms with Crippen LogP contribution in [0.2, 0.25) is 0 Å². The highest BCUT2D eigenvalue weighted by Gasteiger charge is 2.07. The summed E-state index contributed by atoms with van der Waals surface area (Å²) in [6.45, 7) is 9.58. The number of rotatable bonds is 5. The summed E-state index contributed by atoms with van der Waals surface area (Å²) in [5, 5.41) is 3.44. The molecular weight excluding hydrogens is 174 g/mol. The van der Waals surface area contributed by atoms with Gasteiger partial charge in [0.05, 0.1) is 6.54 Å². The zero-order chi connectivity index (χ0) is 10.6. The molecular formula is C12H21NO. The fraction of sp³-hybridized carbons (Fsp3) is 0.667. The molecule has 0 amide bonds. The second-order valence-electron chi connectivity index (χ2n) is 4.14. The minimum atomic E-state index is 0.533. The predicted octanol–water partition coefficient (Wildman–Crippen LogP) is 2.98. The molecule has 1 heterocycles. The van der Waals surface area contributed by atoms with Crippen molar-refractivity contribution >= 4 is 0 Å². The van der Waals surface area contributed by atoms with Gasteiger partial charge in [-0.3, -0.25) is 0 Å². The Balaban J connectivity index is 2.37. The van der Waals surface area contributed by atoms with Crippen LogP contribution in [0, 0.1) is 5.92 Å². The standard InChI is InChI=1S/C12H21NO/c1-5-11-6-7-12(14-11)8-13-10(4)9(2)3/h6-7,9-10,13H,5,8H2,1-4H3. The van der Waals surface area contributed by atoms with E-state index in [-0.39, 0.29) is 0 Å². The van der Waals surface area contributed by atoms with Crippen LogP contribution in [0.1, 0.15) is 39.2 Å². The molecule has 2 nitrogen and oxygen atoms in total. The molecule has 0 fully saturated rings. The van der Waals surface area contributed by atoms with Gasteiger partial charge < -0.3 is 9.73 Å². The van der Waals surface area contributed by atoms with Gasteiger partial charge in [0, 0.05) is 12.5 Å². The van der Waals surface area contributed by atoms with Gasteiger partial charge in [0.2, 0.25) is 0 Å². The lowest BCUT2D eigenvalue weighted by Gasteiger charge is -2.16. The average Bonchev–Trinajstić information content (AvgIpc) is 2.61. The third-order valence-electron chi connectivity index (χ3n) is 2.66. The first kappa shape index (κ1) is 11.3. The molecule has 1 aromatic heterocycles. The summed E-state index contributed by atoms with van der Waals surface area (Å²) in [5.74, 6) is 2.77. The topological polar surface area (TPSA) is 25.2 Å². The first-order valence-corrected chi connectivity index (χ1v) is 5.44. The summed E-state index contributed by atoms with van der Waals surface area (Å²) in [5.41, 5.74) is 0. The molecule has 0 spiro atoms. The lowest BCUT2D eigenvalue weighted by molar-refractivity contribution is 0.388. The summed E-state index contributed by atoms with van der Waals surface area (Å²) in [6.07, 6.45) is 0.972. The monoisotopic (exact) mass is 195 g/mol. The fourth-order valence-corrected chi connectivity index (χ4v) is 1.20. The van der Waals surface area contributed by atoms with Crippen molar-refractivity contribution in [3.63, 3.8) is 0 Å². The van der Waals surface area contributed by atoms with Crippen molar-refractivity contribution in [2.45, 2.75) is 46.7 Å². The van der Waals surface area contributed by atoms with Gasteiger partial charge in [-0.1, -0.05) is 20.8 Å². The Labute approximate surface area is 86.7 Å². The first-order chi connectivity index (χ1) is 6.63. The molecule has 0 aliphatic rings. The molecule has 1 atom stereocenters. The highest BCUT2D eigenvalue weighted by atomic mass is 16.3. The zero-order valence-electron chi connectivity index (χ0n) is 9.63. The lowest BCUT2D eigenvalue weighted by Crippen LogP contribution is -2.29. The maximum absolute atomic E-state index is 5.60. The van der Waals surface area contributed by atoms with Crippen LogP contribution in [0.25, 0.3) is 0 Å². The molecule has 0 bridgehead atoms. The molecule has 0 aliphatic carbocycles. The number of hydrogen-bond acceptors (Lipinski definition) is 2. The van der Waals surface area contributed by atoms with Gasteiger partial charge in [0.1, 0.15) is 11.5 Å². The van der Waals surface area contributed by atoms with E-state index >= 15 is 0 Å². The summed E-state index contributed by atoms with van der Waals surface area (Å²) >= 11 is 0. The van der Waals surface area contributed by atoms with E-state index in [0.29, 0.717) is 12.0 Å². The molecule has 0 radical (unpaired) electrons. The Morgan fingerprint density at radius 3 is 2.36 bits per heavy atom. The maximum Gasteiger partial charge on any atom is 0.117 e. The Morgan fingerprint density at radius 2 is 1.86 bits per heavy atom. The lowest BCUT2D eigenvalue weighted by atomic mass is 10.1. The van der Waals surface area contributed by atoms with Gasteiger partial charge >= 0.3 is 0 Å². The second kappa shape index (κ2) is 5.20. The van der Waals surface area contributed by atoms with Crippen LogP contribution in [0.3, 0.4) is 0 Å². The van der Waals surface area contributed by atoms with Crippen LogP contribution < -0.4 is 5.32 Å². The van der Waals surface area contributed by atoms with Crippen LogP contribution in [-0.2, 0) is 13.0 Å². The van der Waals surface area contributed by atoms with Crippen LogP contribution in [-0.4, -0.2) is 6.04 Å². The summed E-state index contributed by atoms with van der Waals surface area (Å²) in [4.78, 5) is 0. The summed E-state index contributed by atoms with van der Waals surface area (Å²) in [6, 6.07) is 4.64. The minimum Gasteiger partial charge on any atom is -0.465 e. The molecule has 1 aromatic rings. The Morgan fingerprint density at radius 1 is 1.21 bits per heavy atom. The van der Waals surface area contributed by atoms with Crippen LogP contribution in [0.4, 0.5) is 0 Å². The zero-order valence-corrected chi connectivity index (χ0v) is 9.63. The minimum absolute atomic E-state index is 0.533. The number of furan rings is 1. The van der Waals surface area contributed by atoms with Crippen molar-refractivity contribution in [3.8, 4) is 0 Å². The highest BCUT2D eigenvalue weighted by molar-refractivity contribution is 5.06. The van der Waals surface area contributed by atoms with E-state index in [0.717, 1.165) is 24.5 Å². The Bertz CT molecular complexity index is 265. The summed E-state index contributed by atoms with van der Waals surface area (Å²) < 4.78 is 5.60. The van der Waals surface area contributed by atoms with Crippen molar-refractivity contribution in [1.82, 2.24) is 5.32 Å². The molecule has 14 heavy (non-hydrogen) atoms. The molecule has 0 aliphatic heterocycles. The predicted molar refractivity (Wildman–Crippen MR) is 59.2 cm³/mol. The number of aryl methyl sites for hydroxylation is 1. The molecule has 1 rings (SSSR count). The summed E-state index contributed by atoms with van der Waals surface area (Å²) in [7, 11) is 0. The molecule has 0 aromatic carbocycles. The Kier molecular flexibility index (Phi) is 4.21. The molecule has 2 heteroatoms. The van der Waals surface area contributed by atoms with E-state index < -0.39 is 0 Å². The maximum atomic E-state index is 5.60. The highest BCUT2D eigenvalue weighted by Crippen LogP contribution is 2.09. The Hall–Kier alpha value is -0.760. The van der Waals surface area contributed by atoms with Gasteiger partial charge in [0.15, 0.2) is 0 Å². The van der Waals surface area contributed by atoms with Gasteiger partial charge in [-0.25, -0.2) is 0 Å². The van der Waals surface area contributed by atoms with Gasteiger partial charge in [0.25, 0.3) is 0 Å². The molecule has 1 N–H and O–H groups in total. The smallest absolute Gasteiger partial charge is 0.117 e. The molecule has 0 saturated carbocycles. The third-order valence-corrected chi connectivity index (χ3v) is 2.66. The first-order valence-electron chi connectivity index (χ1n) is 5.44. The van der Waals surface area contributed by atoms with Gasteiger partial charge in [-0.2, -0.15) is 0 Å². The molecule has 1 unspecified atom stereocenters. The van der Waals surface area contributed by atoms with Gasteiger partial charge in [-0.05, 0) is 25.0 Å². The van der Waals surface area contributed by atoms with E-state index in [1.807, 2.05) is 0 Å². The van der Waals surface area contributed by atoms with Crippen molar-refractivity contribution in [2.75, 3.05) is 0 Å². The molecule has 80 valence electrons. The van der Waals surface area contributed by atoms with Crippen LogP contribution in [0.5, 0.6) is 0 Å². The van der Waals surface area contributed by atoms with Crippen LogP contribution >= 0.6 is 0 Å². The van der Waals surface area contributed by atoms with Gasteiger partial charge in [-0.15, -0.1) is 0 Å². The van der Waals surface area contributed by atoms with Crippen molar-refractivity contribution in [2.24, 2.45) is 5.92 Å². The van der Waals surface area contributed by atoms with Crippen LogP contribution in [0.15, 0.2) is 16.5 Å². The number of nitrogens with one attached hydrogen (secondary N) is 1. The van der Waals surface area contributed by atoms with E-state index in [1.54, 1.807) is 0 Å². The van der Waals surface area contributed by atoms with E-state index in [9.17, 15) is 0 Å². The van der Waals surface area contributed by atoms with Crippen molar-refractivity contribution in [3.05, 3.63) is 23.7 Å². The quantitative estimate of drug-likeness (QED) is 0.781. The average molecular weight is 195 g/mol. The third kappa shape index (κ3) is 3.18. The number of hydrogen-bond donors (Lipinski definition) is 1. The van der Waals surface area contributed by atoms with E-state index in [4.69, 9.17) is 4.42 Å². The van der Waals surface area contributed by atoms with Crippen molar-refractivity contribution < 1.29 is 4.42 Å². The second-order valence-corrected chi connectivity index (χ2v) is 4.14. The molecule has 0 saturated heterocycles. The SMILES string of the molecule is CCc1ccc(CNC(C)C(C)C)o1. The van der Waals surface area contributed by atoms with E-state index in [2.05, 4.69) is 45.1 Å². The fourth-order valence-electron chi connectivity index (χ4n) is 1.20. The largest absolute Gasteiger partial charge is 0.465 e. The van der Waals surface area contributed by atoms with E-state index in [1.165, 1.54) is 0 Å². The van der Waals surface area contributed by atoms with Crippen molar-refractivity contribution in [1.29, 1.82) is 0 Å². The normalized spacial score (nSPS) is 13.5.